The molecule has 3 heterocycles. The van der Waals surface area contributed by atoms with Gasteiger partial charge < -0.3 is 14.9 Å². The number of aliphatic carboxylic acids is 1. The highest BCUT2D eigenvalue weighted by molar-refractivity contribution is 8.04. The third kappa shape index (κ3) is 1.88. The Kier molecular flexibility index (Phi) is 3.30. The third-order valence-corrected chi connectivity index (χ3v) is 5.80. The van der Waals surface area contributed by atoms with Crippen LogP contribution in [0.5, 0.6) is 0 Å². The number of β-lactam (4-membered cyclic amide) rings is 1. The average Bonchev–Trinajstić information content (AvgIpc) is 2.93. The monoisotopic (exact) mass is 299 g/mol. The van der Waals surface area contributed by atoms with Crippen LogP contribution in [-0.2, 0) is 14.3 Å². The molecule has 0 saturated carbocycles. The number of amides is 1. The molecular weight excluding hydrogens is 282 g/mol. The average molecular weight is 299 g/mol. The summed E-state index contributed by atoms with van der Waals surface area (Å²) < 4.78 is 5.32. The van der Waals surface area contributed by atoms with Crippen LogP contribution in [0, 0.1) is 5.92 Å². The third-order valence-electron chi connectivity index (χ3n) is 4.17. The van der Waals surface area contributed by atoms with E-state index in [-0.39, 0.29) is 18.0 Å². The largest absolute Gasteiger partial charge is 0.477 e. The lowest BCUT2D eigenvalue weighted by Crippen LogP contribution is -2.64. The van der Waals surface area contributed by atoms with Crippen molar-refractivity contribution in [3.8, 4) is 0 Å². The molecule has 3 atom stereocenters. The van der Waals surface area contributed by atoms with Gasteiger partial charge in [-0.05, 0) is 25.7 Å². The van der Waals surface area contributed by atoms with Gasteiger partial charge in [-0.2, -0.15) is 0 Å². The van der Waals surface area contributed by atoms with Crippen molar-refractivity contribution in [3.05, 3.63) is 10.6 Å². The van der Waals surface area contributed by atoms with E-state index in [4.69, 9.17) is 4.74 Å². The molecule has 0 spiro atoms. The van der Waals surface area contributed by atoms with E-state index in [0.717, 1.165) is 6.42 Å². The highest BCUT2D eigenvalue weighted by Crippen LogP contribution is 2.58. The van der Waals surface area contributed by atoms with E-state index >= 15 is 0 Å². The summed E-state index contributed by atoms with van der Waals surface area (Å²) in [6.45, 7) is 2.94. The molecule has 6 nitrogen and oxygen atoms in total. The quantitative estimate of drug-likeness (QED) is 0.746. The van der Waals surface area contributed by atoms with Crippen molar-refractivity contribution in [3.63, 3.8) is 0 Å². The van der Waals surface area contributed by atoms with Crippen molar-refractivity contribution >= 4 is 23.6 Å². The van der Waals surface area contributed by atoms with Gasteiger partial charge >= 0.3 is 5.97 Å². The molecule has 1 unspecified atom stereocenters. The molecule has 20 heavy (non-hydrogen) atoms. The fourth-order valence-corrected chi connectivity index (χ4v) is 4.73. The molecule has 3 aliphatic rings. The van der Waals surface area contributed by atoms with Gasteiger partial charge in [0.1, 0.15) is 10.6 Å². The number of nitrogens with zero attached hydrogens (tertiary/aromatic N) is 1. The summed E-state index contributed by atoms with van der Waals surface area (Å²) in [6, 6.07) is 0. The number of hydrogen-bond donors (Lipinski definition) is 2. The Morgan fingerprint density at radius 1 is 1.65 bits per heavy atom. The van der Waals surface area contributed by atoms with E-state index in [1.165, 1.54) is 16.7 Å². The number of allylic oxidation sites excluding steroid dienone is 1. The molecule has 3 rings (SSSR count). The van der Waals surface area contributed by atoms with E-state index < -0.39 is 16.9 Å². The molecule has 0 aromatic carbocycles. The summed E-state index contributed by atoms with van der Waals surface area (Å²) in [6.07, 6.45) is 0.936. The lowest BCUT2D eigenvalue weighted by Gasteiger charge is -2.48. The molecule has 3 aliphatic heterocycles. The van der Waals surface area contributed by atoms with Crippen molar-refractivity contribution in [2.75, 3.05) is 13.2 Å². The van der Waals surface area contributed by atoms with Crippen LogP contribution in [0.1, 0.15) is 26.2 Å². The number of carbonyl (C=O) groups is 2. The fourth-order valence-electron chi connectivity index (χ4n) is 3.06. The first-order valence-corrected chi connectivity index (χ1v) is 7.51. The van der Waals surface area contributed by atoms with Gasteiger partial charge in [-0.25, -0.2) is 4.79 Å². The number of carboxylic acid groups (broad SMARTS) is 1. The zero-order chi connectivity index (χ0) is 14.5. The predicted octanol–water partition coefficient (Wildman–Crippen LogP) is 0.765. The number of carboxylic acids is 1. The van der Waals surface area contributed by atoms with E-state index in [9.17, 15) is 19.8 Å². The summed E-state index contributed by atoms with van der Waals surface area (Å²) >= 11 is 1.34. The van der Waals surface area contributed by atoms with Crippen molar-refractivity contribution in [1.82, 2.24) is 4.90 Å². The first-order valence-electron chi connectivity index (χ1n) is 6.70. The van der Waals surface area contributed by atoms with Gasteiger partial charge in [0.05, 0.1) is 12.5 Å². The second-order valence-electron chi connectivity index (χ2n) is 5.54. The molecule has 0 aromatic rings. The highest BCUT2D eigenvalue weighted by atomic mass is 32.2. The Balaban J connectivity index is 1.90. The summed E-state index contributed by atoms with van der Waals surface area (Å²) in [4.78, 5) is 24.5. The van der Waals surface area contributed by atoms with Crippen LogP contribution in [0.2, 0.25) is 0 Å². The lowest BCUT2D eigenvalue weighted by molar-refractivity contribution is -0.155. The Hall–Kier alpha value is -1.05. The van der Waals surface area contributed by atoms with E-state index in [1.54, 1.807) is 6.92 Å². The number of carbonyl (C=O) groups excluding carboxylic acids is 1. The summed E-state index contributed by atoms with van der Waals surface area (Å²) in [7, 11) is 0. The lowest BCUT2D eigenvalue weighted by atomic mass is 9.94. The first kappa shape index (κ1) is 13.9. The second-order valence-corrected chi connectivity index (χ2v) is 6.94. The van der Waals surface area contributed by atoms with Crippen LogP contribution in [0.3, 0.4) is 0 Å². The maximum absolute atomic E-state index is 11.8. The topological polar surface area (TPSA) is 87.1 Å². The van der Waals surface area contributed by atoms with Gasteiger partial charge in [0, 0.05) is 18.1 Å². The standard InChI is InChI=1S/C13H17NO5S/c1-7(15)13-5-10(16)14(13)11(12(17)18)9(20-13)4-8-2-3-19-6-8/h7-8,15H,2-6H2,1H3,(H,17,18)/t7-,8?,13-/m1/s1. The molecule has 2 saturated heterocycles. The van der Waals surface area contributed by atoms with Gasteiger partial charge in [-0.1, -0.05) is 11.8 Å². The van der Waals surface area contributed by atoms with Crippen LogP contribution in [-0.4, -0.2) is 51.2 Å². The van der Waals surface area contributed by atoms with Crippen LogP contribution in [0.15, 0.2) is 10.6 Å². The Morgan fingerprint density at radius 2 is 2.40 bits per heavy atom. The molecule has 0 aromatic heterocycles. The van der Waals surface area contributed by atoms with Crippen LogP contribution < -0.4 is 0 Å². The first-order chi connectivity index (χ1) is 9.45. The maximum Gasteiger partial charge on any atom is 0.353 e. The second kappa shape index (κ2) is 4.75. The number of ether oxygens (including phenoxy) is 1. The fraction of sp³-hybridized carbons (Fsp3) is 0.692. The van der Waals surface area contributed by atoms with Crippen LogP contribution in [0.25, 0.3) is 0 Å². The molecule has 110 valence electrons. The van der Waals surface area contributed by atoms with Gasteiger partial charge in [-0.3, -0.25) is 9.69 Å². The molecule has 0 aliphatic carbocycles. The number of aliphatic hydroxyl groups excluding tert-OH is 1. The Morgan fingerprint density at radius 3 is 2.90 bits per heavy atom. The van der Waals surface area contributed by atoms with Crippen molar-refractivity contribution < 1.29 is 24.5 Å². The SMILES string of the molecule is C[C@@H](O)[C@]12CC(=O)N1C(C(=O)O)=C(CC1CCOC1)S2. The van der Waals surface area contributed by atoms with Crippen molar-refractivity contribution in [1.29, 1.82) is 0 Å². The number of hydrogen-bond acceptors (Lipinski definition) is 5. The van der Waals surface area contributed by atoms with Gasteiger partial charge in [0.15, 0.2) is 0 Å². The van der Waals surface area contributed by atoms with Gasteiger partial charge in [0.25, 0.3) is 0 Å². The minimum absolute atomic E-state index is 0.0547. The predicted molar refractivity (Wildman–Crippen MR) is 71.7 cm³/mol. The Labute approximate surface area is 120 Å². The smallest absolute Gasteiger partial charge is 0.353 e. The number of rotatable bonds is 4. The van der Waals surface area contributed by atoms with E-state index in [2.05, 4.69) is 0 Å². The van der Waals surface area contributed by atoms with Crippen LogP contribution >= 0.6 is 11.8 Å². The normalized spacial score (nSPS) is 34.2. The number of aliphatic hydroxyl groups is 1. The molecule has 1 amide bonds. The number of fused-ring (bicyclic) bond motifs is 1. The summed E-state index contributed by atoms with van der Waals surface area (Å²) in [5, 5.41) is 19.4. The zero-order valence-corrected chi connectivity index (χ0v) is 12.0. The van der Waals surface area contributed by atoms with Gasteiger partial charge in [-0.15, -0.1) is 0 Å². The van der Waals surface area contributed by atoms with Gasteiger partial charge in [0.2, 0.25) is 5.91 Å². The minimum atomic E-state index is -1.10. The van der Waals surface area contributed by atoms with Crippen molar-refractivity contribution in [2.45, 2.75) is 37.2 Å². The van der Waals surface area contributed by atoms with E-state index in [0.29, 0.717) is 30.5 Å². The molecule has 0 bridgehead atoms. The minimum Gasteiger partial charge on any atom is -0.477 e. The molecule has 2 fully saturated rings. The summed E-state index contributed by atoms with van der Waals surface area (Å²) in [5.41, 5.74) is 0.0547. The number of thioether (sulfide) groups is 1. The zero-order valence-electron chi connectivity index (χ0n) is 11.2. The van der Waals surface area contributed by atoms with Crippen LogP contribution in [0.4, 0.5) is 0 Å². The Bertz CT molecular complexity index is 497. The summed E-state index contributed by atoms with van der Waals surface area (Å²) in [5.74, 6) is -1.03. The van der Waals surface area contributed by atoms with Crippen molar-refractivity contribution in [2.24, 2.45) is 5.92 Å². The maximum atomic E-state index is 11.8. The molecule has 0 radical (unpaired) electrons. The van der Waals surface area contributed by atoms with E-state index in [1.807, 2.05) is 0 Å². The molecule has 7 heteroatoms. The molecular formula is C13H17NO5S. The highest BCUT2D eigenvalue weighted by Gasteiger charge is 2.62. The molecule has 2 N–H and O–H groups in total.